The van der Waals surface area contributed by atoms with Crippen LogP contribution in [0, 0.1) is 5.82 Å². The number of H-pyrrole nitrogens is 1. The van der Waals surface area contributed by atoms with E-state index >= 15 is 0 Å². The van der Waals surface area contributed by atoms with Gasteiger partial charge in [0.1, 0.15) is 11.4 Å². The minimum atomic E-state index is -0.567. The van der Waals surface area contributed by atoms with Gasteiger partial charge in [-0.25, -0.2) is 14.4 Å². The van der Waals surface area contributed by atoms with Crippen LogP contribution < -0.4 is 15.4 Å². The molecule has 30 heavy (non-hydrogen) atoms. The van der Waals surface area contributed by atoms with Gasteiger partial charge in [-0.05, 0) is 6.07 Å². The highest BCUT2D eigenvalue weighted by atomic mass is 19.1. The number of hydrogen-bond donors (Lipinski definition) is 3. The largest absolute Gasteiger partial charge is 0.478 e. The number of nitrogens with one attached hydrogen (secondary N) is 3. The van der Waals surface area contributed by atoms with Gasteiger partial charge in [-0.3, -0.25) is 9.48 Å². The zero-order valence-electron chi connectivity index (χ0n) is 16.7. The highest BCUT2D eigenvalue weighted by Gasteiger charge is 2.17. The molecule has 0 aliphatic heterocycles. The molecule has 0 radical (unpaired) electrons. The van der Waals surface area contributed by atoms with Crippen LogP contribution in [0.2, 0.25) is 0 Å². The van der Waals surface area contributed by atoms with Crippen molar-refractivity contribution in [2.45, 2.75) is 13.3 Å². The van der Waals surface area contributed by atoms with Crippen LogP contribution in [0.3, 0.4) is 0 Å². The highest BCUT2D eigenvalue weighted by Crippen LogP contribution is 2.33. The number of hydrogen-bond acceptors (Lipinski definition) is 6. The molecule has 1 amide bonds. The molecule has 4 aromatic rings. The third kappa shape index (κ3) is 3.54. The van der Waals surface area contributed by atoms with Gasteiger partial charge >= 0.3 is 0 Å². The SMILES string of the molecule is CCC(=O)Nc1cccc2c(-c3nc(Nc4cn(C)nc4OC)ncc3F)c[nH]c12. The van der Waals surface area contributed by atoms with Gasteiger partial charge in [0.25, 0.3) is 5.88 Å². The number of nitrogens with zero attached hydrogens (tertiary/aromatic N) is 4. The van der Waals surface area contributed by atoms with Crippen LogP contribution in [-0.2, 0) is 11.8 Å². The van der Waals surface area contributed by atoms with Crippen molar-refractivity contribution < 1.29 is 13.9 Å². The number of aryl methyl sites for hydroxylation is 1. The predicted molar refractivity (Wildman–Crippen MR) is 111 cm³/mol. The summed E-state index contributed by atoms with van der Waals surface area (Å²) in [6.45, 7) is 1.78. The molecule has 0 spiro atoms. The molecule has 0 saturated heterocycles. The van der Waals surface area contributed by atoms with Crippen molar-refractivity contribution in [2.75, 3.05) is 17.7 Å². The number of para-hydroxylation sites is 1. The lowest BCUT2D eigenvalue weighted by Gasteiger charge is -2.08. The van der Waals surface area contributed by atoms with E-state index in [2.05, 4.69) is 30.7 Å². The van der Waals surface area contributed by atoms with Gasteiger partial charge in [0, 0.05) is 30.6 Å². The van der Waals surface area contributed by atoms with Crippen LogP contribution in [0.4, 0.5) is 21.7 Å². The Morgan fingerprint density at radius 1 is 1.33 bits per heavy atom. The van der Waals surface area contributed by atoms with Crippen LogP contribution in [0.15, 0.2) is 36.8 Å². The Balaban J connectivity index is 1.74. The maximum Gasteiger partial charge on any atom is 0.256 e. The standard InChI is InChI=1S/C20H20FN7O2/c1-4-16(29)24-14-7-5-6-11-12(8-22-18(11)14)17-13(21)9-23-20(26-17)25-15-10-28(2)27-19(15)30-3/h5-10,22H,4H2,1-3H3,(H,24,29)(H,23,25,26). The summed E-state index contributed by atoms with van der Waals surface area (Å²) in [6, 6.07) is 5.42. The van der Waals surface area contributed by atoms with Gasteiger partial charge in [0.15, 0.2) is 5.82 Å². The first kappa shape index (κ1) is 19.4. The number of benzene rings is 1. The number of aromatic amines is 1. The second-order valence-corrected chi connectivity index (χ2v) is 6.57. The predicted octanol–water partition coefficient (Wildman–Crippen LogP) is 3.60. The molecule has 0 saturated carbocycles. The summed E-state index contributed by atoms with van der Waals surface area (Å²) in [5, 5.41) is 10.7. The van der Waals surface area contributed by atoms with Crippen LogP contribution in [-0.4, -0.2) is 37.7 Å². The number of fused-ring (bicyclic) bond motifs is 1. The zero-order valence-corrected chi connectivity index (χ0v) is 16.7. The number of amides is 1. The van der Waals surface area contributed by atoms with Crippen LogP contribution in [0.5, 0.6) is 5.88 Å². The maximum atomic E-state index is 14.6. The molecule has 3 heterocycles. The third-order valence-electron chi connectivity index (χ3n) is 4.54. The number of methoxy groups -OCH3 is 1. The van der Waals surface area contributed by atoms with E-state index in [1.807, 2.05) is 6.07 Å². The van der Waals surface area contributed by atoms with Crippen molar-refractivity contribution in [3.05, 3.63) is 42.6 Å². The molecule has 4 rings (SSSR count). The van der Waals surface area contributed by atoms with E-state index in [4.69, 9.17) is 4.74 Å². The molecule has 0 aliphatic rings. The summed E-state index contributed by atoms with van der Waals surface area (Å²) in [5.74, 6) is -0.107. The van der Waals surface area contributed by atoms with Gasteiger partial charge in [-0.15, -0.1) is 5.10 Å². The summed E-state index contributed by atoms with van der Waals surface area (Å²) < 4.78 is 21.4. The molecular weight excluding hydrogens is 389 g/mol. The molecule has 1 aromatic carbocycles. The van der Waals surface area contributed by atoms with Gasteiger partial charge in [-0.1, -0.05) is 19.1 Å². The summed E-state index contributed by atoms with van der Waals surface area (Å²) in [7, 11) is 3.26. The van der Waals surface area contributed by atoms with Crippen LogP contribution in [0.25, 0.3) is 22.2 Å². The number of carbonyl (C=O) groups excluding carboxylic acids is 1. The van der Waals surface area contributed by atoms with Crippen LogP contribution >= 0.6 is 0 Å². The monoisotopic (exact) mass is 409 g/mol. The molecule has 0 atom stereocenters. The molecule has 9 nitrogen and oxygen atoms in total. The van der Waals surface area contributed by atoms with E-state index in [9.17, 15) is 9.18 Å². The summed E-state index contributed by atoms with van der Waals surface area (Å²) in [5.41, 5.74) is 2.55. The van der Waals surface area contributed by atoms with E-state index < -0.39 is 5.82 Å². The van der Waals surface area contributed by atoms with Crippen molar-refractivity contribution in [1.82, 2.24) is 24.7 Å². The molecule has 0 unspecified atom stereocenters. The Labute approximate surface area is 171 Å². The first-order valence-corrected chi connectivity index (χ1v) is 9.27. The quantitative estimate of drug-likeness (QED) is 0.449. The molecule has 0 fully saturated rings. The number of anilines is 3. The fourth-order valence-corrected chi connectivity index (χ4v) is 3.13. The van der Waals surface area contributed by atoms with Gasteiger partial charge in [-0.2, -0.15) is 0 Å². The van der Waals surface area contributed by atoms with Crippen molar-refractivity contribution in [2.24, 2.45) is 7.05 Å². The maximum absolute atomic E-state index is 14.6. The lowest BCUT2D eigenvalue weighted by molar-refractivity contribution is -0.115. The second kappa shape index (κ2) is 7.82. The van der Waals surface area contributed by atoms with E-state index in [0.29, 0.717) is 34.8 Å². The number of rotatable bonds is 6. The van der Waals surface area contributed by atoms with Crippen LogP contribution in [0.1, 0.15) is 13.3 Å². The van der Waals surface area contributed by atoms with Gasteiger partial charge in [0.05, 0.1) is 30.7 Å². The Morgan fingerprint density at radius 2 is 2.17 bits per heavy atom. The normalized spacial score (nSPS) is 10.9. The molecule has 0 bridgehead atoms. The molecule has 154 valence electrons. The van der Waals surface area contributed by atoms with E-state index in [1.54, 1.807) is 43.2 Å². The topological polar surface area (TPSA) is 110 Å². The smallest absolute Gasteiger partial charge is 0.256 e. The molecule has 3 N–H and O–H groups in total. The van der Waals surface area contributed by atoms with E-state index in [1.165, 1.54) is 7.11 Å². The second-order valence-electron chi connectivity index (χ2n) is 6.57. The van der Waals surface area contributed by atoms with E-state index in [0.717, 1.165) is 11.6 Å². The zero-order chi connectivity index (χ0) is 21.3. The minimum absolute atomic E-state index is 0.108. The van der Waals surface area contributed by atoms with Crippen molar-refractivity contribution >= 4 is 34.1 Å². The lowest BCUT2D eigenvalue weighted by Crippen LogP contribution is -2.09. The molecule has 3 aromatic heterocycles. The average molecular weight is 409 g/mol. The number of halogens is 1. The average Bonchev–Trinajstić information content (AvgIpc) is 3.33. The van der Waals surface area contributed by atoms with Gasteiger partial charge < -0.3 is 20.4 Å². The lowest BCUT2D eigenvalue weighted by atomic mass is 10.1. The van der Waals surface area contributed by atoms with Crippen molar-refractivity contribution in [3.63, 3.8) is 0 Å². The number of ether oxygens (including phenoxy) is 1. The first-order valence-electron chi connectivity index (χ1n) is 9.27. The molecule has 0 aliphatic carbocycles. The van der Waals surface area contributed by atoms with Gasteiger partial charge in [0.2, 0.25) is 11.9 Å². The summed E-state index contributed by atoms with van der Waals surface area (Å²) in [4.78, 5) is 23.3. The van der Waals surface area contributed by atoms with E-state index in [-0.39, 0.29) is 17.5 Å². The van der Waals surface area contributed by atoms with Crippen molar-refractivity contribution in [3.8, 4) is 17.1 Å². The van der Waals surface area contributed by atoms with Crippen molar-refractivity contribution in [1.29, 1.82) is 0 Å². The Morgan fingerprint density at radius 3 is 2.93 bits per heavy atom. The highest BCUT2D eigenvalue weighted by molar-refractivity contribution is 6.05. The summed E-state index contributed by atoms with van der Waals surface area (Å²) >= 11 is 0. The molecule has 10 heteroatoms. The Kier molecular flexibility index (Phi) is 5.05. The number of carbonyl (C=O) groups is 1. The Hall–Kier alpha value is -3.95. The minimum Gasteiger partial charge on any atom is -0.478 e. The molecular formula is C20H20FN7O2. The first-order chi connectivity index (χ1) is 14.5. The third-order valence-corrected chi connectivity index (χ3v) is 4.54. The number of aromatic nitrogens is 5. The summed E-state index contributed by atoms with van der Waals surface area (Å²) in [6.07, 6.45) is 4.83. The fourth-order valence-electron chi connectivity index (χ4n) is 3.13. The Bertz CT molecular complexity index is 1230. The fraction of sp³-hybridized carbons (Fsp3) is 0.200.